The molecule has 106 valence electrons. The van der Waals surface area contributed by atoms with Crippen molar-refractivity contribution in [2.45, 2.75) is 38.8 Å². The molecule has 1 aliphatic rings. The van der Waals surface area contributed by atoms with Gasteiger partial charge in [0.05, 0.1) is 12.3 Å². The Labute approximate surface area is 113 Å². The number of hydrogen-bond acceptors (Lipinski definition) is 4. The average molecular weight is 266 g/mol. The lowest BCUT2D eigenvalue weighted by Gasteiger charge is -2.36. The Balaban J connectivity index is 2.01. The van der Waals surface area contributed by atoms with E-state index in [0.717, 1.165) is 18.8 Å². The van der Waals surface area contributed by atoms with Crippen molar-refractivity contribution in [3.05, 3.63) is 24.2 Å². The zero-order valence-electron chi connectivity index (χ0n) is 11.8. The van der Waals surface area contributed by atoms with Gasteiger partial charge in [-0.2, -0.15) is 0 Å². The van der Waals surface area contributed by atoms with Gasteiger partial charge in [0.1, 0.15) is 11.4 Å². The minimum Gasteiger partial charge on any atom is -0.469 e. The van der Waals surface area contributed by atoms with E-state index in [1.807, 2.05) is 32.9 Å². The van der Waals surface area contributed by atoms with Crippen LogP contribution >= 0.6 is 0 Å². The van der Waals surface area contributed by atoms with Gasteiger partial charge < -0.3 is 19.4 Å². The monoisotopic (exact) mass is 266 g/mol. The normalized spacial score (nSPS) is 20.4. The molecule has 1 unspecified atom stereocenters. The topological polar surface area (TPSA) is 54.7 Å². The first-order valence-electron chi connectivity index (χ1n) is 6.68. The van der Waals surface area contributed by atoms with Crippen LogP contribution in [-0.2, 0) is 11.2 Å². The van der Waals surface area contributed by atoms with Gasteiger partial charge in [-0.15, -0.1) is 0 Å². The lowest BCUT2D eigenvalue weighted by molar-refractivity contribution is 0.0117. The van der Waals surface area contributed by atoms with Crippen LogP contribution in [0.2, 0.25) is 0 Å². The summed E-state index contributed by atoms with van der Waals surface area (Å²) in [4.78, 5) is 14.0. The van der Waals surface area contributed by atoms with Crippen molar-refractivity contribution < 1.29 is 13.9 Å². The molecule has 0 aliphatic carbocycles. The second-order valence-electron chi connectivity index (χ2n) is 5.82. The second kappa shape index (κ2) is 5.65. The fourth-order valence-electron chi connectivity index (χ4n) is 2.17. The Bertz CT molecular complexity index is 409. The summed E-state index contributed by atoms with van der Waals surface area (Å²) in [7, 11) is 0. The first-order valence-corrected chi connectivity index (χ1v) is 6.68. The molecule has 1 saturated heterocycles. The van der Waals surface area contributed by atoms with Crippen LogP contribution in [0.4, 0.5) is 4.79 Å². The summed E-state index contributed by atoms with van der Waals surface area (Å²) in [6, 6.07) is 3.88. The molecule has 0 spiro atoms. The highest BCUT2D eigenvalue weighted by Crippen LogP contribution is 2.16. The molecule has 5 nitrogen and oxygen atoms in total. The molecular weight excluding hydrogens is 244 g/mol. The third-order valence-corrected chi connectivity index (χ3v) is 3.00. The number of hydrogen-bond donors (Lipinski definition) is 1. The molecular formula is C14H22N2O3. The summed E-state index contributed by atoms with van der Waals surface area (Å²) in [5.74, 6) is 0.891. The van der Waals surface area contributed by atoms with E-state index in [-0.39, 0.29) is 12.1 Å². The van der Waals surface area contributed by atoms with Gasteiger partial charge >= 0.3 is 6.09 Å². The van der Waals surface area contributed by atoms with Crippen LogP contribution in [0.3, 0.4) is 0 Å². The van der Waals surface area contributed by atoms with Crippen molar-refractivity contribution >= 4 is 6.09 Å². The quantitative estimate of drug-likeness (QED) is 0.890. The number of carbonyl (C=O) groups is 1. The smallest absolute Gasteiger partial charge is 0.410 e. The Morgan fingerprint density at radius 3 is 3.00 bits per heavy atom. The highest BCUT2D eigenvalue weighted by molar-refractivity contribution is 5.68. The first kappa shape index (κ1) is 13.9. The van der Waals surface area contributed by atoms with Gasteiger partial charge in [0, 0.05) is 26.1 Å². The van der Waals surface area contributed by atoms with Gasteiger partial charge in [-0.1, -0.05) is 0 Å². The number of nitrogens with one attached hydrogen (secondary N) is 1. The molecule has 1 aliphatic heterocycles. The highest BCUT2D eigenvalue weighted by Gasteiger charge is 2.30. The molecule has 19 heavy (non-hydrogen) atoms. The highest BCUT2D eigenvalue weighted by atomic mass is 16.6. The molecule has 1 aromatic heterocycles. The summed E-state index contributed by atoms with van der Waals surface area (Å²) in [6.07, 6.45) is 2.12. The first-order chi connectivity index (χ1) is 8.96. The fourth-order valence-corrected chi connectivity index (χ4v) is 2.17. The molecule has 1 N–H and O–H groups in total. The minimum absolute atomic E-state index is 0.0785. The lowest BCUT2D eigenvalue weighted by atomic mass is 10.1. The lowest BCUT2D eigenvalue weighted by Crippen LogP contribution is -2.55. The van der Waals surface area contributed by atoms with E-state index in [0.29, 0.717) is 13.0 Å². The maximum Gasteiger partial charge on any atom is 0.410 e. The van der Waals surface area contributed by atoms with Crippen LogP contribution in [0, 0.1) is 0 Å². The third-order valence-electron chi connectivity index (χ3n) is 3.00. The number of piperazine rings is 1. The standard InChI is InChI=1S/C14H22N2O3/c1-14(2,3)19-13(17)16-7-6-15-10-11(16)9-12-5-4-8-18-12/h4-5,8,11,15H,6-7,9-10H2,1-3H3. The van der Waals surface area contributed by atoms with Crippen LogP contribution in [0.5, 0.6) is 0 Å². The molecule has 1 fully saturated rings. The van der Waals surface area contributed by atoms with E-state index < -0.39 is 5.60 Å². The number of furan rings is 1. The van der Waals surface area contributed by atoms with E-state index >= 15 is 0 Å². The molecule has 1 amide bonds. The van der Waals surface area contributed by atoms with Gasteiger partial charge in [0.15, 0.2) is 0 Å². The van der Waals surface area contributed by atoms with Crippen LogP contribution in [0.25, 0.3) is 0 Å². The van der Waals surface area contributed by atoms with Crippen molar-refractivity contribution in [1.29, 1.82) is 0 Å². The summed E-state index contributed by atoms with van der Waals surface area (Å²) in [5, 5.41) is 3.30. The number of nitrogens with zero attached hydrogens (tertiary/aromatic N) is 1. The molecule has 2 rings (SSSR count). The van der Waals surface area contributed by atoms with Crippen LogP contribution in [0.15, 0.2) is 22.8 Å². The van der Waals surface area contributed by atoms with Gasteiger partial charge in [-0.05, 0) is 32.9 Å². The van der Waals surface area contributed by atoms with E-state index in [1.54, 1.807) is 11.2 Å². The third kappa shape index (κ3) is 3.99. The molecule has 0 radical (unpaired) electrons. The van der Waals surface area contributed by atoms with Crippen molar-refractivity contribution in [1.82, 2.24) is 10.2 Å². The average Bonchev–Trinajstić information content (AvgIpc) is 2.80. The van der Waals surface area contributed by atoms with Gasteiger partial charge in [-0.25, -0.2) is 4.79 Å². The zero-order chi connectivity index (χ0) is 13.9. The second-order valence-corrected chi connectivity index (χ2v) is 5.82. The predicted octanol–water partition coefficient (Wildman–Crippen LogP) is 2.03. The van der Waals surface area contributed by atoms with Crippen molar-refractivity contribution in [2.75, 3.05) is 19.6 Å². The van der Waals surface area contributed by atoms with E-state index in [9.17, 15) is 4.79 Å². The molecule has 2 heterocycles. The number of amides is 1. The molecule has 1 atom stereocenters. The molecule has 5 heteroatoms. The maximum absolute atomic E-state index is 12.2. The maximum atomic E-state index is 12.2. The molecule has 0 aromatic carbocycles. The molecule has 0 bridgehead atoms. The van der Waals surface area contributed by atoms with Crippen molar-refractivity contribution in [3.63, 3.8) is 0 Å². The largest absolute Gasteiger partial charge is 0.469 e. The van der Waals surface area contributed by atoms with Gasteiger partial charge in [-0.3, -0.25) is 0 Å². The number of rotatable bonds is 2. The van der Waals surface area contributed by atoms with Crippen molar-refractivity contribution in [2.24, 2.45) is 0 Å². The van der Waals surface area contributed by atoms with E-state index in [2.05, 4.69) is 5.32 Å². The number of ether oxygens (including phenoxy) is 1. The summed E-state index contributed by atoms with van der Waals surface area (Å²) >= 11 is 0. The Morgan fingerprint density at radius 1 is 1.58 bits per heavy atom. The van der Waals surface area contributed by atoms with E-state index in [1.165, 1.54) is 0 Å². The van der Waals surface area contributed by atoms with Crippen LogP contribution in [-0.4, -0.2) is 42.3 Å². The summed E-state index contributed by atoms with van der Waals surface area (Å²) in [5.41, 5.74) is -0.461. The Morgan fingerprint density at radius 2 is 2.37 bits per heavy atom. The SMILES string of the molecule is CC(C)(C)OC(=O)N1CCNCC1Cc1ccco1. The Kier molecular flexibility index (Phi) is 4.14. The summed E-state index contributed by atoms with van der Waals surface area (Å²) in [6.45, 7) is 7.88. The van der Waals surface area contributed by atoms with Crippen LogP contribution < -0.4 is 5.32 Å². The minimum atomic E-state index is -0.461. The molecule has 1 aromatic rings. The van der Waals surface area contributed by atoms with Gasteiger partial charge in [0.25, 0.3) is 0 Å². The van der Waals surface area contributed by atoms with E-state index in [4.69, 9.17) is 9.15 Å². The number of carbonyl (C=O) groups excluding carboxylic acids is 1. The van der Waals surface area contributed by atoms with Gasteiger partial charge in [0.2, 0.25) is 0 Å². The zero-order valence-corrected chi connectivity index (χ0v) is 11.8. The molecule has 0 saturated carbocycles. The predicted molar refractivity (Wildman–Crippen MR) is 72.0 cm³/mol. The summed E-state index contributed by atoms with van der Waals surface area (Å²) < 4.78 is 10.8. The van der Waals surface area contributed by atoms with Crippen molar-refractivity contribution in [3.8, 4) is 0 Å². The fraction of sp³-hybridized carbons (Fsp3) is 0.643. The van der Waals surface area contributed by atoms with Crippen LogP contribution in [0.1, 0.15) is 26.5 Å². The Hall–Kier alpha value is -1.49.